The van der Waals surface area contributed by atoms with Crippen molar-refractivity contribution in [2.24, 2.45) is 10.3 Å². The van der Waals surface area contributed by atoms with Gasteiger partial charge in [-0.15, -0.1) is 4.40 Å². The summed E-state index contributed by atoms with van der Waals surface area (Å²) in [5.74, 6) is 0.817. The highest BCUT2D eigenvalue weighted by molar-refractivity contribution is 7.90. The number of piperidine rings is 1. The molecule has 2 saturated heterocycles. The molecule has 3 heterocycles. The van der Waals surface area contributed by atoms with Crippen molar-refractivity contribution in [1.82, 2.24) is 14.7 Å². The van der Waals surface area contributed by atoms with Crippen molar-refractivity contribution in [2.75, 3.05) is 46.3 Å². The Morgan fingerprint density at radius 1 is 1.04 bits per heavy atom. The second-order valence-corrected chi connectivity index (χ2v) is 9.20. The predicted molar refractivity (Wildman–Crippen MR) is 103 cm³/mol. The van der Waals surface area contributed by atoms with Gasteiger partial charge in [0.2, 0.25) is 5.91 Å². The number of rotatable bonds is 1. The molecule has 8 heteroatoms. The summed E-state index contributed by atoms with van der Waals surface area (Å²) in [6.07, 6.45) is 2.51. The van der Waals surface area contributed by atoms with E-state index >= 15 is 0 Å². The molecule has 0 unspecified atom stereocenters. The van der Waals surface area contributed by atoms with Gasteiger partial charge in [-0.3, -0.25) is 4.79 Å². The van der Waals surface area contributed by atoms with Gasteiger partial charge < -0.3 is 14.7 Å². The van der Waals surface area contributed by atoms with Crippen LogP contribution in [0.4, 0.5) is 0 Å². The Morgan fingerprint density at radius 3 is 2.56 bits per heavy atom. The molecule has 7 nitrogen and oxygen atoms in total. The molecule has 4 rings (SSSR count). The second kappa shape index (κ2) is 7.24. The lowest BCUT2D eigenvalue weighted by Gasteiger charge is -2.35. The van der Waals surface area contributed by atoms with Crippen molar-refractivity contribution in [3.63, 3.8) is 0 Å². The van der Waals surface area contributed by atoms with Crippen molar-refractivity contribution in [3.8, 4) is 0 Å². The largest absolute Gasteiger partial charge is 0.355 e. The van der Waals surface area contributed by atoms with Crippen LogP contribution in [0.25, 0.3) is 0 Å². The fraction of sp³-hybridized carbons (Fsp3) is 0.579. The SMILES string of the molecule is CN1CCCN(C(=O)C2CCN(C3=NS(=O)(=O)c4ccccc43)CC2)CC1. The standard InChI is InChI=1S/C19H26N4O3S/c1-21-9-4-10-23(14-13-21)19(24)15-7-11-22(12-8-15)18-16-5-2-3-6-17(16)27(25,26)20-18/h2-3,5-6,15H,4,7-14H2,1H3. The molecule has 146 valence electrons. The molecule has 0 atom stereocenters. The van der Waals surface area contributed by atoms with Crippen LogP contribution in [0.5, 0.6) is 0 Å². The first-order valence-corrected chi connectivity index (χ1v) is 11.1. The number of carbonyl (C=O) groups excluding carboxylic acids is 1. The van der Waals surface area contributed by atoms with Crippen LogP contribution in [-0.2, 0) is 14.8 Å². The topological polar surface area (TPSA) is 73.3 Å². The summed E-state index contributed by atoms with van der Waals surface area (Å²) < 4.78 is 28.5. The van der Waals surface area contributed by atoms with E-state index in [4.69, 9.17) is 0 Å². The van der Waals surface area contributed by atoms with E-state index in [2.05, 4.69) is 16.3 Å². The van der Waals surface area contributed by atoms with Crippen molar-refractivity contribution in [2.45, 2.75) is 24.2 Å². The first-order chi connectivity index (χ1) is 13.0. The van der Waals surface area contributed by atoms with Gasteiger partial charge >= 0.3 is 0 Å². The number of fused-ring (bicyclic) bond motifs is 1. The predicted octanol–water partition coefficient (Wildman–Crippen LogP) is 1.01. The van der Waals surface area contributed by atoms with E-state index in [1.165, 1.54) is 0 Å². The zero-order chi connectivity index (χ0) is 19.0. The zero-order valence-electron chi connectivity index (χ0n) is 15.7. The lowest BCUT2D eigenvalue weighted by molar-refractivity contribution is -0.136. The van der Waals surface area contributed by atoms with Gasteiger partial charge in [-0.2, -0.15) is 8.42 Å². The number of hydrogen-bond acceptors (Lipinski definition) is 5. The fourth-order valence-corrected chi connectivity index (χ4v) is 5.41. The maximum atomic E-state index is 12.9. The van der Waals surface area contributed by atoms with E-state index in [9.17, 15) is 13.2 Å². The number of hydrogen-bond donors (Lipinski definition) is 0. The molecular weight excluding hydrogens is 364 g/mol. The van der Waals surface area contributed by atoms with Gasteiger partial charge in [0.15, 0.2) is 5.84 Å². The van der Waals surface area contributed by atoms with Gasteiger partial charge in [0.25, 0.3) is 10.0 Å². The Morgan fingerprint density at radius 2 is 1.78 bits per heavy atom. The lowest BCUT2D eigenvalue weighted by atomic mass is 9.94. The van der Waals surface area contributed by atoms with Crippen LogP contribution in [0.3, 0.4) is 0 Å². The van der Waals surface area contributed by atoms with E-state index in [1.54, 1.807) is 12.1 Å². The number of amides is 1. The van der Waals surface area contributed by atoms with Gasteiger partial charge in [0, 0.05) is 44.2 Å². The number of likely N-dealkylation sites (tertiary alicyclic amines) is 1. The van der Waals surface area contributed by atoms with Crippen LogP contribution < -0.4 is 0 Å². The minimum Gasteiger partial charge on any atom is -0.355 e. The lowest BCUT2D eigenvalue weighted by Crippen LogP contribution is -2.45. The Hall–Kier alpha value is -1.93. The molecule has 0 aromatic heterocycles. The third-order valence-corrected chi connectivity index (χ3v) is 7.11. The molecule has 2 fully saturated rings. The Labute approximate surface area is 160 Å². The second-order valence-electron chi connectivity index (χ2n) is 7.63. The molecule has 1 aromatic carbocycles. The maximum absolute atomic E-state index is 12.9. The van der Waals surface area contributed by atoms with Gasteiger partial charge in [-0.05, 0) is 45.0 Å². The van der Waals surface area contributed by atoms with Crippen molar-refractivity contribution >= 4 is 21.8 Å². The average molecular weight is 391 g/mol. The molecule has 0 saturated carbocycles. The van der Waals surface area contributed by atoms with Gasteiger partial charge in [-0.25, -0.2) is 0 Å². The minimum absolute atomic E-state index is 0.0264. The first-order valence-electron chi connectivity index (χ1n) is 9.62. The summed E-state index contributed by atoms with van der Waals surface area (Å²) >= 11 is 0. The Balaban J connectivity index is 1.42. The van der Waals surface area contributed by atoms with E-state index in [0.717, 1.165) is 45.4 Å². The molecule has 0 bridgehead atoms. The molecule has 3 aliphatic rings. The summed E-state index contributed by atoms with van der Waals surface area (Å²) in [4.78, 5) is 19.5. The van der Waals surface area contributed by atoms with Crippen LogP contribution in [0, 0.1) is 5.92 Å². The molecule has 0 spiro atoms. The first kappa shape index (κ1) is 18.4. The van der Waals surface area contributed by atoms with Gasteiger partial charge in [0.1, 0.15) is 4.90 Å². The number of amidine groups is 1. The maximum Gasteiger partial charge on any atom is 0.285 e. The summed E-state index contributed by atoms with van der Waals surface area (Å²) in [5.41, 5.74) is 0.679. The van der Waals surface area contributed by atoms with Crippen molar-refractivity contribution in [3.05, 3.63) is 29.8 Å². The van der Waals surface area contributed by atoms with Crippen LogP contribution >= 0.6 is 0 Å². The molecule has 0 N–H and O–H groups in total. The summed E-state index contributed by atoms with van der Waals surface area (Å²) in [6.45, 7) is 4.92. The van der Waals surface area contributed by atoms with Crippen molar-refractivity contribution < 1.29 is 13.2 Å². The highest BCUT2D eigenvalue weighted by atomic mass is 32.2. The zero-order valence-corrected chi connectivity index (χ0v) is 16.5. The number of sulfonamides is 1. The summed E-state index contributed by atoms with van der Waals surface area (Å²) in [6, 6.07) is 6.97. The number of carbonyl (C=O) groups is 1. The van der Waals surface area contributed by atoms with E-state index in [1.807, 2.05) is 21.9 Å². The molecule has 3 aliphatic heterocycles. The van der Waals surface area contributed by atoms with Crippen LogP contribution in [-0.4, -0.2) is 81.2 Å². The van der Waals surface area contributed by atoms with Crippen molar-refractivity contribution in [1.29, 1.82) is 0 Å². The molecule has 0 aliphatic carbocycles. The minimum atomic E-state index is -3.59. The monoisotopic (exact) mass is 390 g/mol. The highest BCUT2D eigenvalue weighted by Gasteiger charge is 2.35. The average Bonchev–Trinajstić information content (AvgIpc) is 2.81. The fourth-order valence-electron chi connectivity index (χ4n) is 4.18. The smallest absolute Gasteiger partial charge is 0.285 e. The van der Waals surface area contributed by atoms with Crippen LogP contribution in [0.15, 0.2) is 33.6 Å². The Kier molecular flexibility index (Phi) is 4.94. The number of nitrogens with zero attached hydrogens (tertiary/aromatic N) is 4. The third-order valence-electron chi connectivity index (χ3n) is 5.79. The summed E-state index contributed by atoms with van der Waals surface area (Å²) in [5, 5.41) is 0. The van der Waals surface area contributed by atoms with E-state index in [-0.39, 0.29) is 16.7 Å². The summed E-state index contributed by atoms with van der Waals surface area (Å²) in [7, 11) is -1.50. The van der Waals surface area contributed by atoms with Crippen LogP contribution in [0.2, 0.25) is 0 Å². The van der Waals surface area contributed by atoms with Crippen LogP contribution in [0.1, 0.15) is 24.8 Å². The third kappa shape index (κ3) is 3.60. The molecule has 1 aromatic rings. The highest BCUT2D eigenvalue weighted by Crippen LogP contribution is 2.30. The van der Waals surface area contributed by atoms with Gasteiger partial charge in [-0.1, -0.05) is 12.1 Å². The molecule has 0 radical (unpaired) electrons. The normalized spacial score (nSPS) is 23.7. The number of benzene rings is 1. The van der Waals surface area contributed by atoms with E-state index < -0.39 is 10.0 Å². The molecule has 1 amide bonds. The van der Waals surface area contributed by atoms with Gasteiger partial charge in [0.05, 0.1) is 0 Å². The quantitative estimate of drug-likeness (QED) is 0.716. The molecular formula is C19H26N4O3S. The Bertz CT molecular complexity index is 859. The van der Waals surface area contributed by atoms with E-state index in [0.29, 0.717) is 24.5 Å². The number of likely N-dealkylation sites (N-methyl/N-ethyl adjacent to an activating group) is 1. The molecule has 27 heavy (non-hydrogen) atoms.